The van der Waals surface area contributed by atoms with Gasteiger partial charge in [-0.25, -0.2) is 0 Å². The van der Waals surface area contributed by atoms with E-state index in [1.54, 1.807) is 6.07 Å². The summed E-state index contributed by atoms with van der Waals surface area (Å²) in [6.07, 6.45) is 4.91. The van der Waals surface area contributed by atoms with Crippen molar-refractivity contribution in [2.45, 2.75) is 32.6 Å². The number of carbonyl (C=O) groups excluding carboxylic acids is 1. The molecule has 1 aliphatic rings. The third kappa shape index (κ3) is 3.93. The number of methoxy groups -OCH3 is 1. The predicted molar refractivity (Wildman–Crippen MR) is 62.4 cm³/mol. The Labute approximate surface area is 96.1 Å². The molecular formula is C13H18O3. The Kier molecular flexibility index (Phi) is 4.83. The highest BCUT2D eigenvalue weighted by Crippen LogP contribution is 2.24. The number of phenolic OH excluding ortho intramolecular Hbond substituents is 1. The number of hydrogen-bond acceptors (Lipinski definition) is 3. The standard InChI is InChI=1S/C10H12O.C3H6O2/c11-10-6-5-8-3-1-2-4-9(8)7-10;1-3(4)5-2/h5-7,11H,1-4H2;1-2H3. The monoisotopic (exact) mass is 222 g/mol. The molecular weight excluding hydrogens is 204 g/mol. The van der Waals surface area contributed by atoms with Crippen molar-refractivity contribution in [3.8, 4) is 5.75 Å². The summed E-state index contributed by atoms with van der Waals surface area (Å²) in [5.74, 6) is 0.163. The summed E-state index contributed by atoms with van der Waals surface area (Å²) < 4.78 is 4.11. The van der Waals surface area contributed by atoms with Crippen LogP contribution in [0.5, 0.6) is 5.75 Å². The molecule has 0 aliphatic heterocycles. The summed E-state index contributed by atoms with van der Waals surface area (Å²) in [7, 11) is 1.35. The van der Waals surface area contributed by atoms with Gasteiger partial charge in [-0.3, -0.25) is 4.79 Å². The van der Waals surface area contributed by atoms with E-state index in [4.69, 9.17) is 0 Å². The fraction of sp³-hybridized carbons (Fsp3) is 0.462. The van der Waals surface area contributed by atoms with Crippen LogP contribution < -0.4 is 0 Å². The van der Waals surface area contributed by atoms with E-state index in [-0.39, 0.29) is 5.97 Å². The molecule has 0 bridgehead atoms. The van der Waals surface area contributed by atoms with Crippen LogP contribution in [0.15, 0.2) is 18.2 Å². The molecule has 0 fully saturated rings. The number of fused-ring (bicyclic) bond motifs is 1. The first-order valence-corrected chi connectivity index (χ1v) is 5.49. The smallest absolute Gasteiger partial charge is 0.302 e. The molecule has 0 aromatic heterocycles. The minimum absolute atomic E-state index is 0.245. The highest BCUT2D eigenvalue weighted by molar-refractivity contribution is 5.65. The van der Waals surface area contributed by atoms with Crippen LogP contribution in [0.3, 0.4) is 0 Å². The van der Waals surface area contributed by atoms with Crippen LogP contribution >= 0.6 is 0 Å². The first kappa shape index (κ1) is 12.6. The molecule has 0 spiro atoms. The third-order valence-corrected chi connectivity index (χ3v) is 2.62. The number of aryl methyl sites for hydroxylation is 2. The largest absolute Gasteiger partial charge is 0.508 e. The molecule has 0 heterocycles. The van der Waals surface area contributed by atoms with Crippen molar-refractivity contribution in [3.05, 3.63) is 29.3 Å². The second-order valence-electron chi connectivity index (χ2n) is 3.86. The van der Waals surface area contributed by atoms with Gasteiger partial charge < -0.3 is 9.84 Å². The maximum Gasteiger partial charge on any atom is 0.302 e. The molecule has 1 aliphatic carbocycles. The number of ether oxygens (including phenoxy) is 1. The van der Waals surface area contributed by atoms with E-state index in [0.717, 1.165) is 6.42 Å². The van der Waals surface area contributed by atoms with Crippen LogP contribution in [-0.2, 0) is 22.4 Å². The molecule has 0 saturated heterocycles. The topological polar surface area (TPSA) is 46.5 Å². The van der Waals surface area contributed by atoms with Gasteiger partial charge in [0.2, 0.25) is 0 Å². The molecule has 0 radical (unpaired) electrons. The van der Waals surface area contributed by atoms with Crippen molar-refractivity contribution in [2.24, 2.45) is 0 Å². The lowest BCUT2D eigenvalue weighted by Crippen LogP contribution is -2.01. The molecule has 0 amide bonds. The Bertz CT molecular complexity index is 358. The number of hydrogen-bond donors (Lipinski definition) is 1. The summed E-state index contributed by atoms with van der Waals surface area (Å²) in [4.78, 5) is 9.59. The molecule has 1 N–H and O–H groups in total. The van der Waals surface area contributed by atoms with Crippen molar-refractivity contribution in [2.75, 3.05) is 7.11 Å². The fourth-order valence-electron chi connectivity index (χ4n) is 1.72. The van der Waals surface area contributed by atoms with Crippen molar-refractivity contribution >= 4 is 5.97 Å². The lowest BCUT2D eigenvalue weighted by Gasteiger charge is -2.14. The van der Waals surface area contributed by atoms with Crippen LogP contribution in [0.25, 0.3) is 0 Å². The predicted octanol–water partition coefficient (Wildman–Crippen LogP) is 2.45. The molecule has 3 heteroatoms. The second kappa shape index (κ2) is 6.16. The lowest BCUT2D eigenvalue weighted by atomic mass is 9.92. The summed E-state index contributed by atoms with van der Waals surface area (Å²) in [6.45, 7) is 1.36. The van der Waals surface area contributed by atoms with Crippen LogP contribution in [-0.4, -0.2) is 18.2 Å². The zero-order valence-corrected chi connectivity index (χ0v) is 9.82. The van der Waals surface area contributed by atoms with E-state index in [9.17, 15) is 9.90 Å². The normalized spacial score (nSPS) is 13.1. The number of aromatic hydroxyl groups is 1. The fourth-order valence-corrected chi connectivity index (χ4v) is 1.72. The molecule has 0 saturated carbocycles. The third-order valence-electron chi connectivity index (χ3n) is 2.62. The highest BCUT2D eigenvalue weighted by atomic mass is 16.5. The quantitative estimate of drug-likeness (QED) is 0.686. The zero-order chi connectivity index (χ0) is 12.0. The van der Waals surface area contributed by atoms with Gasteiger partial charge in [0, 0.05) is 6.92 Å². The number of esters is 1. The van der Waals surface area contributed by atoms with Gasteiger partial charge in [0.1, 0.15) is 5.75 Å². The van der Waals surface area contributed by atoms with Gasteiger partial charge in [-0.15, -0.1) is 0 Å². The molecule has 1 aromatic carbocycles. The van der Waals surface area contributed by atoms with Gasteiger partial charge in [0.05, 0.1) is 7.11 Å². The van der Waals surface area contributed by atoms with Crippen LogP contribution in [0, 0.1) is 0 Å². The Morgan fingerprint density at radius 2 is 1.81 bits per heavy atom. The summed E-state index contributed by atoms with van der Waals surface area (Å²) in [5, 5.41) is 9.19. The Morgan fingerprint density at radius 1 is 1.25 bits per heavy atom. The second-order valence-corrected chi connectivity index (χ2v) is 3.86. The molecule has 88 valence electrons. The van der Waals surface area contributed by atoms with Gasteiger partial charge in [-0.05, 0) is 48.9 Å². The Balaban J connectivity index is 0.000000221. The average molecular weight is 222 g/mol. The first-order chi connectivity index (χ1) is 7.63. The lowest BCUT2D eigenvalue weighted by molar-refractivity contribution is -0.137. The van der Waals surface area contributed by atoms with E-state index in [1.165, 1.54) is 44.4 Å². The Hall–Kier alpha value is -1.51. The van der Waals surface area contributed by atoms with Gasteiger partial charge in [0.15, 0.2) is 0 Å². The average Bonchev–Trinajstić information content (AvgIpc) is 2.29. The summed E-state index contributed by atoms with van der Waals surface area (Å²) >= 11 is 0. The van der Waals surface area contributed by atoms with Crippen molar-refractivity contribution in [3.63, 3.8) is 0 Å². The summed E-state index contributed by atoms with van der Waals surface area (Å²) in [5.41, 5.74) is 2.77. The molecule has 3 nitrogen and oxygen atoms in total. The van der Waals surface area contributed by atoms with E-state index >= 15 is 0 Å². The van der Waals surface area contributed by atoms with Crippen LogP contribution in [0.2, 0.25) is 0 Å². The zero-order valence-electron chi connectivity index (χ0n) is 9.82. The molecule has 16 heavy (non-hydrogen) atoms. The SMILES string of the molecule is COC(C)=O.Oc1ccc2c(c1)CCCC2. The number of phenols is 1. The van der Waals surface area contributed by atoms with Crippen molar-refractivity contribution in [1.29, 1.82) is 0 Å². The Morgan fingerprint density at radius 3 is 2.38 bits per heavy atom. The van der Waals surface area contributed by atoms with E-state index in [0.29, 0.717) is 5.75 Å². The van der Waals surface area contributed by atoms with Crippen molar-refractivity contribution < 1.29 is 14.6 Å². The van der Waals surface area contributed by atoms with Crippen LogP contribution in [0.1, 0.15) is 30.9 Å². The van der Waals surface area contributed by atoms with E-state index in [1.807, 2.05) is 12.1 Å². The number of benzene rings is 1. The molecule has 1 aromatic rings. The molecule has 0 atom stereocenters. The van der Waals surface area contributed by atoms with Crippen LogP contribution in [0.4, 0.5) is 0 Å². The van der Waals surface area contributed by atoms with Gasteiger partial charge in [-0.2, -0.15) is 0 Å². The first-order valence-electron chi connectivity index (χ1n) is 5.49. The maximum absolute atomic E-state index is 9.59. The maximum atomic E-state index is 9.59. The molecule has 0 unspecified atom stereocenters. The van der Waals surface area contributed by atoms with E-state index in [2.05, 4.69) is 4.74 Å². The minimum Gasteiger partial charge on any atom is -0.508 e. The van der Waals surface area contributed by atoms with Gasteiger partial charge >= 0.3 is 5.97 Å². The number of carbonyl (C=O) groups is 1. The van der Waals surface area contributed by atoms with Crippen molar-refractivity contribution in [1.82, 2.24) is 0 Å². The van der Waals surface area contributed by atoms with Gasteiger partial charge in [-0.1, -0.05) is 6.07 Å². The van der Waals surface area contributed by atoms with Gasteiger partial charge in [0.25, 0.3) is 0 Å². The number of rotatable bonds is 0. The van der Waals surface area contributed by atoms with E-state index < -0.39 is 0 Å². The summed E-state index contributed by atoms with van der Waals surface area (Å²) in [6, 6.07) is 5.72. The highest BCUT2D eigenvalue weighted by Gasteiger charge is 2.08. The molecule has 2 rings (SSSR count). The minimum atomic E-state index is -0.245.